The van der Waals surface area contributed by atoms with E-state index in [0.29, 0.717) is 22.8 Å². The number of carbonyl (C=O) groups is 1. The van der Waals surface area contributed by atoms with Gasteiger partial charge in [0, 0.05) is 19.5 Å². The van der Waals surface area contributed by atoms with Crippen LogP contribution in [0.1, 0.15) is 28.4 Å². The zero-order valence-corrected chi connectivity index (χ0v) is 14.1. The van der Waals surface area contributed by atoms with Crippen molar-refractivity contribution in [3.63, 3.8) is 0 Å². The summed E-state index contributed by atoms with van der Waals surface area (Å²) in [5.74, 6) is 0.683. The van der Waals surface area contributed by atoms with Crippen LogP contribution in [0, 0.1) is 0 Å². The van der Waals surface area contributed by atoms with Crippen LogP contribution in [0.3, 0.4) is 0 Å². The van der Waals surface area contributed by atoms with Crippen LogP contribution in [0.2, 0.25) is 5.02 Å². The molecular formula is C15H9Br2ClO2. The first kappa shape index (κ1) is 14.1. The lowest BCUT2D eigenvalue weighted by atomic mass is 9.96. The minimum Gasteiger partial charge on any atom is -0.484 e. The van der Waals surface area contributed by atoms with Gasteiger partial charge in [0.1, 0.15) is 11.9 Å². The fraction of sp³-hybridized carbons (Fsp3) is 0.133. The van der Waals surface area contributed by atoms with Crippen molar-refractivity contribution in [2.75, 3.05) is 0 Å². The van der Waals surface area contributed by atoms with Gasteiger partial charge in [0.05, 0.1) is 12.0 Å². The molecule has 0 fully saturated rings. The summed E-state index contributed by atoms with van der Waals surface area (Å²) in [7, 11) is 0. The van der Waals surface area contributed by atoms with Crippen molar-refractivity contribution in [3.8, 4) is 5.75 Å². The van der Waals surface area contributed by atoms with Gasteiger partial charge in [0.25, 0.3) is 0 Å². The van der Waals surface area contributed by atoms with Crippen molar-refractivity contribution in [2.45, 2.75) is 12.5 Å². The molecule has 1 atom stereocenters. The molecule has 1 heterocycles. The Kier molecular flexibility index (Phi) is 3.89. The Balaban J connectivity index is 2.02. The maximum Gasteiger partial charge on any atom is 0.170 e. The van der Waals surface area contributed by atoms with E-state index in [-0.39, 0.29) is 11.9 Å². The minimum absolute atomic E-state index is 0.0793. The first-order chi connectivity index (χ1) is 9.54. The van der Waals surface area contributed by atoms with Crippen LogP contribution in [-0.4, -0.2) is 5.78 Å². The minimum atomic E-state index is -0.322. The normalized spacial score (nSPS) is 17.6. The fourth-order valence-corrected chi connectivity index (χ4v) is 3.25. The molecule has 0 bridgehead atoms. The molecule has 0 amide bonds. The van der Waals surface area contributed by atoms with Crippen LogP contribution in [-0.2, 0) is 0 Å². The first-order valence-electron chi connectivity index (χ1n) is 5.99. The summed E-state index contributed by atoms with van der Waals surface area (Å²) >= 11 is 12.9. The van der Waals surface area contributed by atoms with Crippen molar-refractivity contribution in [1.82, 2.24) is 0 Å². The Hall–Kier alpha value is -0.840. The molecule has 0 aromatic heterocycles. The molecule has 102 valence electrons. The van der Waals surface area contributed by atoms with E-state index in [9.17, 15) is 4.79 Å². The van der Waals surface area contributed by atoms with Gasteiger partial charge in [-0.3, -0.25) is 4.79 Å². The summed E-state index contributed by atoms with van der Waals surface area (Å²) in [5, 5.41) is 0.624. The van der Waals surface area contributed by atoms with Gasteiger partial charge in [0.2, 0.25) is 0 Å². The van der Waals surface area contributed by atoms with E-state index in [0.717, 1.165) is 14.5 Å². The highest BCUT2D eigenvalue weighted by Crippen LogP contribution is 2.39. The molecule has 1 aliphatic heterocycles. The lowest BCUT2D eigenvalue weighted by molar-refractivity contribution is 0.0849. The number of benzene rings is 2. The highest BCUT2D eigenvalue weighted by Gasteiger charge is 2.29. The third kappa shape index (κ3) is 2.65. The number of Topliss-reactive ketones (excluding diaryl/α,β-unsaturated/α-hetero) is 1. The van der Waals surface area contributed by atoms with Crippen LogP contribution in [0.25, 0.3) is 0 Å². The standard InChI is InChI=1S/C15H9Br2ClO2/c16-8-1-3-10-13(19)7-15(20-14(10)5-8)11-6-9(18)2-4-12(11)17/h1-6,15H,7H2. The van der Waals surface area contributed by atoms with Gasteiger partial charge in [-0.05, 0) is 36.4 Å². The number of ketones is 1. The van der Waals surface area contributed by atoms with Crippen LogP contribution >= 0.6 is 43.5 Å². The van der Waals surface area contributed by atoms with E-state index >= 15 is 0 Å². The average molecular weight is 416 g/mol. The van der Waals surface area contributed by atoms with E-state index in [4.69, 9.17) is 16.3 Å². The Morgan fingerprint density at radius 2 is 1.95 bits per heavy atom. The monoisotopic (exact) mass is 414 g/mol. The lowest BCUT2D eigenvalue weighted by Gasteiger charge is -2.26. The van der Waals surface area contributed by atoms with Gasteiger partial charge in [-0.2, -0.15) is 0 Å². The van der Waals surface area contributed by atoms with Gasteiger partial charge >= 0.3 is 0 Å². The largest absolute Gasteiger partial charge is 0.484 e. The molecular weight excluding hydrogens is 407 g/mol. The second-order valence-electron chi connectivity index (χ2n) is 4.54. The fourth-order valence-electron chi connectivity index (χ4n) is 2.23. The topological polar surface area (TPSA) is 26.3 Å². The molecule has 0 spiro atoms. The molecule has 2 aromatic carbocycles. The molecule has 20 heavy (non-hydrogen) atoms. The first-order valence-corrected chi connectivity index (χ1v) is 7.95. The molecule has 0 aliphatic carbocycles. The Labute approximate surface area is 138 Å². The number of carbonyl (C=O) groups excluding carboxylic acids is 1. The van der Waals surface area contributed by atoms with E-state index in [1.165, 1.54) is 0 Å². The molecule has 2 nitrogen and oxygen atoms in total. The third-order valence-electron chi connectivity index (χ3n) is 3.19. The van der Waals surface area contributed by atoms with E-state index in [2.05, 4.69) is 31.9 Å². The van der Waals surface area contributed by atoms with Gasteiger partial charge in [-0.25, -0.2) is 0 Å². The molecule has 0 radical (unpaired) electrons. The molecule has 2 aromatic rings. The molecule has 0 saturated carbocycles. The summed E-state index contributed by atoms with van der Waals surface area (Å²) in [6, 6.07) is 10.9. The molecule has 1 unspecified atom stereocenters. The molecule has 0 N–H and O–H groups in total. The van der Waals surface area contributed by atoms with Gasteiger partial charge in [-0.15, -0.1) is 0 Å². The van der Waals surface area contributed by atoms with Crippen LogP contribution < -0.4 is 4.74 Å². The maximum atomic E-state index is 12.2. The van der Waals surface area contributed by atoms with E-state index in [1.54, 1.807) is 12.1 Å². The van der Waals surface area contributed by atoms with Crippen molar-refractivity contribution < 1.29 is 9.53 Å². The van der Waals surface area contributed by atoms with Crippen LogP contribution in [0.4, 0.5) is 0 Å². The Morgan fingerprint density at radius 3 is 2.75 bits per heavy atom. The number of rotatable bonds is 1. The summed E-state index contributed by atoms with van der Waals surface area (Å²) in [6.45, 7) is 0. The van der Waals surface area contributed by atoms with Crippen LogP contribution in [0.15, 0.2) is 45.3 Å². The van der Waals surface area contributed by atoms with Gasteiger partial charge in [-0.1, -0.05) is 43.5 Å². The number of hydrogen-bond donors (Lipinski definition) is 0. The summed E-state index contributed by atoms with van der Waals surface area (Å²) < 4.78 is 7.74. The highest BCUT2D eigenvalue weighted by atomic mass is 79.9. The highest BCUT2D eigenvalue weighted by molar-refractivity contribution is 9.10. The quantitative estimate of drug-likeness (QED) is 0.607. The zero-order valence-electron chi connectivity index (χ0n) is 10.2. The summed E-state index contributed by atoms with van der Waals surface area (Å²) in [5.41, 5.74) is 1.51. The summed E-state index contributed by atoms with van der Waals surface area (Å²) in [6.07, 6.45) is -0.00880. The van der Waals surface area contributed by atoms with Crippen LogP contribution in [0.5, 0.6) is 5.75 Å². The molecule has 0 saturated heterocycles. The second kappa shape index (κ2) is 5.51. The molecule has 5 heteroatoms. The zero-order chi connectivity index (χ0) is 14.3. The SMILES string of the molecule is O=C1CC(c2cc(Cl)ccc2Br)Oc2cc(Br)ccc21. The molecule has 1 aliphatic rings. The van der Waals surface area contributed by atoms with Crippen molar-refractivity contribution in [1.29, 1.82) is 0 Å². The number of ether oxygens (including phenoxy) is 1. The number of halogens is 3. The van der Waals surface area contributed by atoms with E-state index < -0.39 is 0 Å². The second-order valence-corrected chi connectivity index (χ2v) is 6.75. The van der Waals surface area contributed by atoms with Crippen molar-refractivity contribution in [2.24, 2.45) is 0 Å². The predicted molar refractivity (Wildman–Crippen MR) is 85.6 cm³/mol. The Bertz CT molecular complexity index is 700. The van der Waals surface area contributed by atoms with Gasteiger partial charge in [0.15, 0.2) is 5.78 Å². The predicted octanol–water partition coefficient (Wildman–Crippen LogP) is 5.57. The molecule has 3 rings (SSSR count). The van der Waals surface area contributed by atoms with Crippen molar-refractivity contribution in [3.05, 3.63) is 61.5 Å². The number of hydrogen-bond acceptors (Lipinski definition) is 2. The maximum absolute atomic E-state index is 12.2. The smallest absolute Gasteiger partial charge is 0.170 e. The summed E-state index contributed by atoms with van der Waals surface area (Å²) in [4.78, 5) is 12.2. The number of fused-ring (bicyclic) bond motifs is 1. The van der Waals surface area contributed by atoms with E-state index in [1.807, 2.05) is 24.3 Å². The Morgan fingerprint density at radius 1 is 1.15 bits per heavy atom. The third-order valence-corrected chi connectivity index (χ3v) is 4.64. The average Bonchev–Trinajstić information content (AvgIpc) is 2.41. The van der Waals surface area contributed by atoms with Crippen molar-refractivity contribution >= 4 is 49.2 Å². The lowest BCUT2D eigenvalue weighted by Crippen LogP contribution is -2.20. The van der Waals surface area contributed by atoms with Gasteiger partial charge < -0.3 is 4.74 Å².